The van der Waals surface area contributed by atoms with E-state index in [0.29, 0.717) is 37.7 Å². The van der Waals surface area contributed by atoms with E-state index in [9.17, 15) is 22.8 Å². The standard InChI is InChI=1S/C27H33F3O8/c1-23-6-4-16(33-3)9-19(23)15(11-31)8-17-18-5-7-25(26(37-14-35-25)12-34-13-36-26)24(18,2)10-20(21(17)23)38-22(32)27(28,29)30/h9,11,17-18,20-21H,4-8,10,12-14H2,1-3H3/t17-,18+,20+,21-,23-,24-,25+,26+/m0/s1. The van der Waals surface area contributed by atoms with Gasteiger partial charge in [0.15, 0.2) is 13.6 Å². The zero-order valence-electron chi connectivity index (χ0n) is 21.7. The number of rotatable bonds is 3. The Morgan fingerprint density at radius 1 is 1.16 bits per heavy atom. The summed E-state index contributed by atoms with van der Waals surface area (Å²) in [7, 11) is 1.56. The van der Waals surface area contributed by atoms with Gasteiger partial charge in [-0.05, 0) is 61.2 Å². The fourth-order valence-corrected chi connectivity index (χ4v) is 9.15. The molecule has 11 heteroatoms. The van der Waals surface area contributed by atoms with Gasteiger partial charge in [0.1, 0.15) is 24.6 Å². The molecule has 0 aromatic rings. The van der Waals surface area contributed by atoms with Crippen molar-refractivity contribution in [3.63, 3.8) is 0 Å². The average molecular weight is 543 g/mol. The van der Waals surface area contributed by atoms with Gasteiger partial charge in [0.25, 0.3) is 0 Å². The molecule has 2 spiro atoms. The molecule has 4 fully saturated rings. The molecule has 0 amide bonds. The summed E-state index contributed by atoms with van der Waals surface area (Å²) in [6, 6.07) is 0. The third kappa shape index (κ3) is 3.31. The highest BCUT2D eigenvalue weighted by Gasteiger charge is 2.77. The molecule has 2 saturated carbocycles. The van der Waals surface area contributed by atoms with Gasteiger partial charge < -0.3 is 28.4 Å². The molecule has 4 aliphatic carbocycles. The molecule has 6 aliphatic rings. The minimum atomic E-state index is -5.13. The zero-order chi connectivity index (χ0) is 27.1. The van der Waals surface area contributed by atoms with Crippen LogP contribution >= 0.6 is 0 Å². The lowest BCUT2D eigenvalue weighted by molar-refractivity contribution is -0.262. The SMILES string of the molecule is COC1=CC2=C(C=O)C[C@@H]3[C@@H]([C@H](OC(=O)C(F)(F)F)C[C@@]4(C)[C@@H]3CC[C@@]43OCO[C@]34COCO4)[C@@]2(C)CC1. The van der Waals surface area contributed by atoms with Crippen LogP contribution in [0.4, 0.5) is 13.2 Å². The summed E-state index contributed by atoms with van der Waals surface area (Å²) in [6.07, 6.45) is -0.558. The van der Waals surface area contributed by atoms with Gasteiger partial charge in [0, 0.05) is 23.2 Å². The van der Waals surface area contributed by atoms with Crippen molar-refractivity contribution in [2.45, 2.75) is 76.0 Å². The Labute approximate surface area is 218 Å². The number of hydrogen-bond acceptors (Lipinski definition) is 8. The quantitative estimate of drug-likeness (QED) is 0.388. The van der Waals surface area contributed by atoms with Crippen molar-refractivity contribution in [2.24, 2.45) is 28.6 Å². The number of ether oxygens (including phenoxy) is 6. The van der Waals surface area contributed by atoms with Crippen molar-refractivity contribution in [1.82, 2.24) is 0 Å². The van der Waals surface area contributed by atoms with Gasteiger partial charge in [-0.2, -0.15) is 13.2 Å². The molecule has 2 heterocycles. The number of allylic oxidation sites excluding steroid dienone is 4. The average Bonchev–Trinajstić information content (AvgIpc) is 3.57. The summed E-state index contributed by atoms with van der Waals surface area (Å²) < 4.78 is 75.3. The van der Waals surface area contributed by atoms with Crippen molar-refractivity contribution in [3.8, 4) is 0 Å². The second-order valence-corrected chi connectivity index (χ2v) is 12.0. The maximum Gasteiger partial charge on any atom is 0.490 e. The maximum atomic E-state index is 13.5. The molecule has 8 atom stereocenters. The number of methoxy groups -OCH3 is 1. The van der Waals surface area contributed by atoms with Crippen LogP contribution in [0, 0.1) is 28.6 Å². The van der Waals surface area contributed by atoms with Gasteiger partial charge in [0.2, 0.25) is 5.79 Å². The van der Waals surface area contributed by atoms with Crippen molar-refractivity contribution < 1.29 is 51.2 Å². The monoisotopic (exact) mass is 542 g/mol. The van der Waals surface area contributed by atoms with E-state index >= 15 is 0 Å². The van der Waals surface area contributed by atoms with Gasteiger partial charge in [-0.15, -0.1) is 0 Å². The van der Waals surface area contributed by atoms with Crippen LogP contribution in [0.3, 0.4) is 0 Å². The molecule has 0 bridgehead atoms. The zero-order valence-corrected chi connectivity index (χ0v) is 21.7. The van der Waals surface area contributed by atoms with E-state index in [2.05, 4.69) is 0 Å². The number of alkyl halides is 3. The number of carbonyl (C=O) groups is 2. The van der Waals surface area contributed by atoms with E-state index in [-0.39, 0.29) is 38.4 Å². The fourth-order valence-electron chi connectivity index (χ4n) is 9.15. The first-order chi connectivity index (χ1) is 17.9. The second-order valence-electron chi connectivity index (χ2n) is 12.0. The van der Waals surface area contributed by atoms with Gasteiger partial charge in [-0.1, -0.05) is 13.8 Å². The number of aldehydes is 1. The van der Waals surface area contributed by atoms with E-state index in [4.69, 9.17) is 28.4 Å². The Kier molecular flexibility index (Phi) is 5.89. The van der Waals surface area contributed by atoms with Gasteiger partial charge in [-0.3, -0.25) is 4.79 Å². The topological polar surface area (TPSA) is 89.5 Å². The lowest BCUT2D eigenvalue weighted by Crippen LogP contribution is -2.66. The van der Waals surface area contributed by atoms with Crippen LogP contribution in [0.5, 0.6) is 0 Å². The van der Waals surface area contributed by atoms with E-state index in [1.54, 1.807) is 7.11 Å². The Morgan fingerprint density at radius 2 is 1.92 bits per heavy atom. The highest BCUT2D eigenvalue weighted by atomic mass is 19.4. The van der Waals surface area contributed by atoms with E-state index in [1.165, 1.54) is 0 Å². The van der Waals surface area contributed by atoms with Crippen molar-refractivity contribution >= 4 is 12.3 Å². The number of hydrogen-bond donors (Lipinski definition) is 0. The van der Waals surface area contributed by atoms with Crippen LogP contribution in [0.15, 0.2) is 23.0 Å². The third-order valence-corrected chi connectivity index (χ3v) is 10.7. The molecule has 0 N–H and O–H groups in total. The maximum absolute atomic E-state index is 13.5. The van der Waals surface area contributed by atoms with Crippen molar-refractivity contribution in [3.05, 3.63) is 23.0 Å². The van der Waals surface area contributed by atoms with Crippen LogP contribution in [0.25, 0.3) is 0 Å². The van der Waals surface area contributed by atoms with Crippen LogP contribution in [0.1, 0.15) is 52.4 Å². The molecular formula is C27H33F3O8. The minimum absolute atomic E-state index is 0.0258. The van der Waals surface area contributed by atoms with Crippen molar-refractivity contribution in [1.29, 1.82) is 0 Å². The van der Waals surface area contributed by atoms with E-state index in [1.807, 2.05) is 19.9 Å². The molecule has 2 saturated heterocycles. The summed E-state index contributed by atoms with van der Waals surface area (Å²) in [5, 5.41) is 0. The predicted octanol–water partition coefficient (Wildman–Crippen LogP) is 4.19. The molecule has 8 nitrogen and oxygen atoms in total. The van der Waals surface area contributed by atoms with Crippen LogP contribution < -0.4 is 0 Å². The summed E-state index contributed by atoms with van der Waals surface area (Å²) >= 11 is 0. The van der Waals surface area contributed by atoms with Gasteiger partial charge in [0.05, 0.1) is 12.9 Å². The Hall–Kier alpha value is -1.95. The molecule has 38 heavy (non-hydrogen) atoms. The largest absolute Gasteiger partial charge is 0.501 e. The summed E-state index contributed by atoms with van der Waals surface area (Å²) in [6.45, 7) is 4.11. The Bertz CT molecular complexity index is 1090. The van der Waals surface area contributed by atoms with Crippen molar-refractivity contribution in [2.75, 3.05) is 27.3 Å². The fraction of sp³-hybridized carbons (Fsp3) is 0.778. The lowest BCUT2D eigenvalue weighted by atomic mass is 9.45. The smallest absolute Gasteiger partial charge is 0.490 e. The van der Waals surface area contributed by atoms with E-state index < -0.39 is 46.4 Å². The number of esters is 1. The minimum Gasteiger partial charge on any atom is -0.501 e. The highest BCUT2D eigenvalue weighted by Crippen LogP contribution is 2.72. The number of carbonyl (C=O) groups excluding carboxylic acids is 2. The van der Waals surface area contributed by atoms with Crippen LogP contribution in [-0.4, -0.2) is 63.2 Å². The molecule has 0 aromatic carbocycles. The van der Waals surface area contributed by atoms with Crippen LogP contribution in [0.2, 0.25) is 0 Å². The molecular weight excluding hydrogens is 509 g/mol. The van der Waals surface area contributed by atoms with E-state index in [0.717, 1.165) is 17.6 Å². The second kappa shape index (κ2) is 8.52. The first kappa shape index (κ1) is 26.3. The van der Waals surface area contributed by atoms with Crippen LogP contribution in [-0.2, 0) is 38.0 Å². The molecule has 6 rings (SSSR count). The predicted molar refractivity (Wildman–Crippen MR) is 123 cm³/mol. The first-order valence-electron chi connectivity index (χ1n) is 13.2. The molecule has 210 valence electrons. The summed E-state index contributed by atoms with van der Waals surface area (Å²) in [4.78, 5) is 24.7. The third-order valence-electron chi connectivity index (χ3n) is 10.7. The molecule has 2 aliphatic heterocycles. The van der Waals surface area contributed by atoms with Gasteiger partial charge >= 0.3 is 12.1 Å². The van der Waals surface area contributed by atoms with Gasteiger partial charge in [-0.25, -0.2) is 4.79 Å². The Morgan fingerprint density at radius 3 is 2.58 bits per heavy atom. The lowest BCUT2D eigenvalue weighted by Gasteiger charge is -2.61. The first-order valence-corrected chi connectivity index (χ1v) is 13.2. The summed E-state index contributed by atoms with van der Waals surface area (Å²) in [5.74, 6) is -3.33. The summed E-state index contributed by atoms with van der Waals surface area (Å²) in [5.41, 5.74) is -1.04. The highest BCUT2D eigenvalue weighted by molar-refractivity contribution is 5.78. The Balaban J connectivity index is 1.49. The number of halogens is 3. The molecule has 0 radical (unpaired) electrons. The molecule has 0 unspecified atom stereocenters. The number of fused-ring (bicyclic) bond motifs is 7. The normalized spacial score (nSPS) is 46.0. The molecule has 0 aromatic heterocycles.